The number of furan rings is 1. The number of hydrogen-bond donors (Lipinski definition) is 0. The van der Waals surface area contributed by atoms with Gasteiger partial charge in [-0.1, -0.05) is 0 Å². The highest BCUT2D eigenvalue weighted by Crippen LogP contribution is 2.27. The van der Waals surface area contributed by atoms with Crippen LogP contribution in [0.3, 0.4) is 0 Å². The van der Waals surface area contributed by atoms with E-state index in [1.54, 1.807) is 16.7 Å². The van der Waals surface area contributed by atoms with E-state index in [0.29, 0.717) is 18.0 Å². The van der Waals surface area contributed by atoms with Crippen LogP contribution in [-0.4, -0.2) is 25.6 Å². The van der Waals surface area contributed by atoms with Crippen LogP contribution in [0.15, 0.2) is 28.3 Å². The molecule has 4 rings (SSSR count). The van der Waals surface area contributed by atoms with E-state index in [1.165, 1.54) is 22.6 Å². The summed E-state index contributed by atoms with van der Waals surface area (Å²) in [6, 6.07) is 3.73. The van der Waals surface area contributed by atoms with Gasteiger partial charge in [0.15, 0.2) is 0 Å². The maximum Gasteiger partial charge on any atom is 0.266 e. The number of carbonyl (C=O) groups is 1. The van der Waals surface area contributed by atoms with Crippen molar-refractivity contribution in [3.8, 4) is 0 Å². The van der Waals surface area contributed by atoms with E-state index in [-0.39, 0.29) is 5.91 Å². The van der Waals surface area contributed by atoms with Crippen LogP contribution in [0.4, 0.5) is 0 Å². The molecular weight excluding hydrogens is 336 g/mol. The fraction of sp³-hybridized carbons (Fsp3) is 0.389. The average molecular weight is 356 g/mol. The third-order valence-corrected chi connectivity index (χ3v) is 5.61. The standard InChI is InChI=1S/C18H20N4O2S/c1-12-17(25-11-19-12)18(23)22(9-13-5-4-8-24-13)10-15-14-6-3-7-16(14)21(2)20-15/h4-5,8,11H,3,6-7,9-10H2,1-2H3. The van der Waals surface area contributed by atoms with Crippen LogP contribution in [0.1, 0.15) is 44.5 Å². The van der Waals surface area contributed by atoms with Crippen molar-refractivity contribution in [1.29, 1.82) is 0 Å². The van der Waals surface area contributed by atoms with Gasteiger partial charge >= 0.3 is 0 Å². The molecule has 0 spiro atoms. The summed E-state index contributed by atoms with van der Waals surface area (Å²) in [6.07, 6.45) is 4.91. The molecule has 6 nitrogen and oxygen atoms in total. The molecule has 0 unspecified atom stereocenters. The highest BCUT2D eigenvalue weighted by Gasteiger charge is 2.26. The Kier molecular flexibility index (Phi) is 4.17. The van der Waals surface area contributed by atoms with Crippen molar-refractivity contribution in [2.24, 2.45) is 7.05 Å². The fourth-order valence-electron chi connectivity index (χ4n) is 3.45. The summed E-state index contributed by atoms with van der Waals surface area (Å²) in [4.78, 5) is 19.8. The van der Waals surface area contributed by atoms with E-state index in [4.69, 9.17) is 4.42 Å². The first-order valence-corrected chi connectivity index (χ1v) is 9.27. The molecule has 0 saturated carbocycles. The Morgan fingerprint density at radius 2 is 2.28 bits per heavy atom. The Morgan fingerprint density at radius 1 is 1.40 bits per heavy atom. The van der Waals surface area contributed by atoms with Crippen molar-refractivity contribution in [2.45, 2.75) is 39.3 Å². The normalized spacial score (nSPS) is 13.2. The van der Waals surface area contributed by atoms with Gasteiger partial charge in [0.05, 0.1) is 36.3 Å². The SMILES string of the molecule is Cc1ncsc1C(=O)N(Cc1ccco1)Cc1nn(C)c2c1CCC2. The van der Waals surface area contributed by atoms with E-state index < -0.39 is 0 Å². The summed E-state index contributed by atoms with van der Waals surface area (Å²) in [6.45, 7) is 2.78. The van der Waals surface area contributed by atoms with E-state index in [2.05, 4.69) is 10.1 Å². The Labute approximate surface area is 150 Å². The minimum absolute atomic E-state index is 0.0196. The molecule has 1 amide bonds. The minimum atomic E-state index is -0.0196. The highest BCUT2D eigenvalue weighted by atomic mass is 32.1. The maximum absolute atomic E-state index is 13.1. The van der Waals surface area contributed by atoms with Crippen LogP contribution in [-0.2, 0) is 33.0 Å². The van der Waals surface area contributed by atoms with Gasteiger partial charge in [0.25, 0.3) is 5.91 Å². The topological polar surface area (TPSA) is 64.2 Å². The molecule has 3 aromatic rings. The lowest BCUT2D eigenvalue weighted by molar-refractivity contribution is 0.0718. The zero-order valence-corrected chi connectivity index (χ0v) is 15.2. The Morgan fingerprint density at radius 3 is 3.00 bits per heavy atom. The van der Waals surface area contributed by atoms with Crippen molar-refractivity contribution in [2.75, 3.05) is 0 Å². The lowest BCUT2D eigenvalue weighted by atomic mass is 10.2. The Balaban J connectivity index is 1.65. The van der Waals surface area contributed by atoms with E-state index in [0.717, 1.165) is 36.4 Å². The van der Waals surface area contributed by atoms with Crippen molar-refractivity contribution in [3.63, 3.8) is 0 Å². The molecule has 3 aromatic heterocycles. The predicted molar refractivity (Wildman–Crippen MR) is 94.4 cm³/mol. The van der Waals surface area contributed by atoms with Gasteiger partial charge in [-0.2, -0.15) is 5.10 Å². The van der Waals surface area contributed by atoms with Gasteiger partial charge < -0.3 is 9.32 Å². The quantitative estimate of drug-likeness (QED) is 0.705. The molecule has 0 radical (unpaired) electrons. The van der Waals surface area contributed by atoms with Crippen LogP contribution in [0.2, 0.25) is 0 Å². The molecule has 0 fully saturated rings. The summed E-state index contributed by atoms with van der Waals surface area (Å²) < 4.78 is 7.43. The third kappa shape index (κ3) is 3.00. The van der Waals surface area contributed by atoms with Gasteiger partial charge in [-0.3, -0.25) is 9.48 Å². The van der Waals surface area contributed by atoms with Gasteiger partial charge in [0.1, 0.15) is 10.6 Å². The van der Waals surface area contributed by atoms with Gasteiger partial charge in [-0.25, -0.2) is 4.98 Å². The van der Waals surface area contributed by atoms with Gasteiger partial charge in [-0.05, 0) is 43.9 Å². The molecule has 1 aliphatic rings. The van der Waals surface area contributed by atoms with E-state index in [9.17, 15) is 4.79 Å². The van der Waals surface area contributed by atoms with Gasteiger partial charge in [0.2, 0.25) is 0 Å². The fourth-order valence-corrected chi connectivity index (χ4v) is 4.22. The lowest BCUT2D eigenvalue weighted by Gasteiger charge is -2.21. The minimum Gasteiger partial charge on any atom is -0.467 e. The number of amides is 1. The molecule has 0 atom stereocenters. The summed E-state index contributed by atoms with van der Waals surface area (Å²) in [5.41, 5.74) is 6.09. The second-order valence-electron chi connectivity index (χ2n) is 6.36. The first-order valence-electron chi connectivity index (χ1n) is 8.39. The molecule has 1 aliphatic carbocycles. The smallest absolute Gasteiger partial charge is 0.266 e. The van der Waals surface area contributed by atoms with Crippen molar-refractivity contribution in [1.82, 2.24) is 19.7 Å². The van der Waals surface area contributed by atoms with Crippen LogP contribution >= 0.6 is 11.3 Å². The number of carbonyl (C=O) groups excluding carboxylic acids is 1. The number of rotatable bonds is 5. The number of thiazole rings is 1. The third-order valence-electron chi connectivity index (χ3n) is 4.69. The molecule has 0 aromatic carbocycles. The number of hydrogen-bond acceptors (Lipinski definition) is 5. The van der Waals surface area contributed by atoms with Crippen molar-refractivity contribution in [3.05, 3.63) is 57.2 Å². The molecular formula is C18H20N4O2S. The number of nitrogens with zero attached hydrogens (tertiary/aromatic N) is 4. The molecule has 0 saturated heterocycles. The second-order valence-corrected chi connectivity index (χ2v) is 7.21. The Hall–Kier alpha value is -2.41. The first-order chi connectivity index (χ1) is 12.1. The molecule has 130 valence electrons. The molecule has 0 bridgehead atoms. The van der Waals surface area contributed by atoms with E-state index >= 15 is 0 Å². The largest absolute Gasteiger partial charge is 0.467 e. The van der Waals surface area contributed by atoms with Crippen LogP contribution in [0.5, 0.6) is 0 Å². The molecule has 25 heavy (non-hydrogen) atoms. The van der Waals surface area contributed by atoms with Crippen LogP contribution < -0.4 is 0 Å². The number of aryl methyl sites for hydroxylation is 2. The second kappa shape index (κ2) is 6.48. The number of aromatic nitrogens is 3. The molecule has 0 aliphatic heterocycles. The van der Waals surface area contributed by atoms with E-state index in [1.807, 2.05) is 30.8 Å². The van der Waals surface area contributed by atoms with Crippen molar-refractivity contribution >= 4 is 17.2 Å². The molecule has 7 heteroatoms. The maximum atomic E-state index is 13.1. The van der Waals surface area contributed by atoms with Gasteiger partial charge in [-0.15, -0.1) is 11.3 Å². The summed E-state index contributed by atoms with van der Waals surface area (Å²) in [5.74, 6) is 0.747. The summed E-state index contributed by atoms with van der Waals surface area (Å²) in [7, 11) is 1.99. The number of fused-ring (bicyclic) bond motifs is 1. The zero-order chi connectivity index (χ0) is 17.4. The van der Waals surface area contributed by atoms with Crippen LogP contribution in [0, 0.1) is 6.92 Å². The summed E-state index contributed by atoms with van der Waals surface area (Å²) >= 11 is 1.38. The summed E-state index contributed by atoms with van der Waals surface area (Å²) in [5, 5.41) is 4.67. The molecule has 0 N–H and O–H groups in total. The zero-order valence-electron chi connectivity index (χ0n) is 14.4. The molecule has 3 heterocycles. The van der Waals surface area contributed by atoms with Gasteiger partial charge in [0, 0.05) is 12.7 Å². The predicted octanol–water partition coefficient (Wildman–Crippen LogP) is 3.11. The lowest BCUT2D eigenvalue weighted by Crippen LogP contribution is -2.30. The Bertz CT molecular complexity index is 894. The van der Waals surface area contributed by atoms with Crippen molar-refractivity contribution < 1.29 is 9.21 Å². The van der Waals surface area contributed by atoms with Crippen LogP contribution in [0.25, 0.3) is 0 Å². The monoisotopic (exact) mass is 356 g/mol. The first kappa shape index (κ1) is 16.1. The highest BCUT2D eigenvalue weighted by molar-refractivity contribution is 7.11. The average Bonchev–Trinajstić information content (AvgIpc) is 3.35.